The number of hydrogen-bond acceptors (Lipinski definition) is 38. The van der Waals surface area contributed by atoms with Crippen molar-refractivity contribution in [3.63, 3.8) is 0 Å². The minimum Gasteiger partial charge on any atom is -0.504 e. The molecule has 0 aromatic heterocycles. The molecular weight excluding hydrogens is 1450 g/mol. The number of phenolic OH excluding ortho intramolecular Hbond substituents is 7. The molecule has 4 aromatic rings. The molecule has 0 unspecified atom stereocenters. The molecule has 108 heavy (non-hydrogen) atoms. The van der Waals surface area contributed by atoms with Gasteiger partial charge in [-0.05, 0) is 89.5 Å². The van der Waals surface area contributed by atoms with Crippen molar-refractivity contribution in [2.24, 2.45) is 0 Å². The molecule has 4 saturated heterocycles. The van der Waals surface area contributed by atoms with Crippen LogP contribution in [-0.2, 0) is 61.9 Å². The molecule has 580 valence electrons. The lowest BCUT2D eigenvalue weighted by Crippen LogP contribution is -2.60. The number of aliphatic carboxylic acids is 1. The van der Waals surface area contributed by atoms with Crippen molar-refractivity contribution in [2.75, 3.05) is 26.4 Å². The second-order valence-corrected chi connectivity index (χ2v) is 24.5. The van der Waals surface area contributed by atoms with E-state index in [0.29, 0.717) is 5.56 Å². The van der Waals surface area contributed by atoms with Crippen LogP contribution < -0.4 is 24.4 Å². The minimum absolute atomic E-state index is 0.116. The zero-order valence-corrected chi connectivity index (χ0v) is 55.3. The maximum Gasteiger partial charge on any atom is 0.330 e. The molecule has 5 aliphatic heterocycles. The number of phenols is 7. The summed E-state index contributed by atoms with van der Waals surface area (Å²) >= 11 is 0. The maximum absolute atomic E-state index is 14.1. The first-order valence-corrected chi connectivity index (χ1v) is 32.1. The highest BCUT2D eigenvalue weighted by atomic mass is 16.7. The van der Waals surface area contributed by atoms with Crippen LogP contribution >= 0.6 is 0 Å². The van der Waals surface area contributed by atoms with E-state index in [0.717, 1.165) is 85.0 Å². The number of aliphatic hydroxyl groups excluding tert-OH is 12. The fraction of sp³-hybridized carbons (Fsp3) is 0.362. The van der Waals surface area contributed by atoms with Crippen LogP contribution in [0.2, 0.25) is 0 Å². The van der Waals surface area contributed by atoms with Crippen molar-refractivity contribution >= 4 is 48.1 Å². The van der Waals surface area contributed by atoms with Gasteiger partial charge < -0.3 is 163 Å². The standard InChI is InChI=1S/C69H70O39/c70-32-7-1-26(13-35(32)73)4-10-48(79)97-23-44-54(85)58(89)62(93)67(106-44)102-39-9-3-28(15-37(39)75)6-12-50(81)96-22-43-53(84)57(88)61(92)66(105-43)100-30-18-34(72)31-20-42(104-69-64(95)60(91)56(87)46(108-69)25-99-51(82)21-47(77)78)65(101-40(31)19-30)29-16-38(76)52(83)41(17-29)103-68-63(94)59(90)55(86)45(107-68)24-98-49(80)11-5-27-2-8-33(71)36(74)14-27/h1-20,43-46,53-64,66-71,73-76,83-95H,21-25H2,(H,77,78)/b10-4+,11-5+,12-6+/t43-,44-,45-,46-,53-,54-,55-,56-,57+,58+,59+,60+,61-,62-,63-,64-,66-,67-,68-,69-/m1/s1. The fourth-order valence-corrected chi connectivity index (χ4v) is 11.0. The number of carboxylic acids is 1. The van der Waals surface area contributed by atoms with Crippen molar-refractivity contribution < 1.29 is 187 Å². The molecule has 39 heteroatoms. The van der Waals surface area contributed by atoms with Crippen LogP contribution in [0.25, 0.3) is 40.9 Å². The Morgan fingerprint density at radius 1 is 0.380 bits per heavy atom. The Morgan fingerprint density at radius 2 is 0.769 bits per heavy atom. The Balaban J connectivity index is 0.838. The number of fused-ring (bicyclic) bond motifs is 1. The molecule has 0 radical (unpaired) electrons. The molecule has 5 heterocycles. The normalized spacial score (nSPS) is 28.6. The van der Waals surface area contributed by atoms with Crippen LogP contribution in [0, 0.1) is 0 Å². The molecule has 0 saturated carbocycles. The molecule has 0 spiro atoms. The molecular formula is C69H70O39. The predicted molar refractivity (Wildman–Crippen MR) is 350 cm³/mol. The van der Waals surface area contributed by atoms with Gasteiger partial charge in [-0.15, -0.1) is 0 Å². The lowest BCUT2D eigenvalue weighted by molar-refractivity contribution is -0.278. The van der Waals surface area contributed by atoms with Gasteiger partial charge in [0.25, 0.3) is 0 Å². The summed E-state index contributed by atoms with van der Waals surface area (Å²) in [5, 5.41) is 211. The van der Waals surface area contributed by atoms with E-state index in [2.05, 4.69) is 0 Å². The fourth-order valence-electron chi connectivity index (χ4n) is 11.0. The van der Waals surface area contributed by atoms with E-state index in [-0.39, 0.29) is 16.9 Å². The molecule has 6 aliphatic rings. The molecule has 0 amide bonds. The van der Waals surface area contributed by atoms with Gasteiger partial charge in [-0.3, -0.25) is 14.4 Å². The summed E-state index contributed by atoms with van der Waals surface area (Å²) in [7, 11) is 0. The Hall–Kier alpha value is -11.0. The highest BCUT2D eigenvalue weighted by Crippen LogP contribution is 2.46. The van der Waals surface area contributed by atoms with Crippen LogP contribution in [0.15, 0.2) is 112 Å². The number of aromatic hydroxyl groups is 7. The summed E-state index contributed by atoms with van der Waals surface area (Å²) in [6.45, 7) is -3.30. The molecule has 10 rings (SSSR count). The molecule has 0 bridgehead atoms. The van der Waals surface area contributed by atoms with Crippen LogP contribution in [0.4, 0.5) is 0 Å². The van der Waals surface area contributed by atoms with Crippen molar-refractivity contribution in [3.8, 4) is 85.9 Å². The highest BCUT2D eigenvalue weighted by Gasteiger charge is 2.50. The second kappa shape index (κ2) is 34.3. The summed E-state index contributed by atoms with van der Waals surface area (Å²) in [6.07, 6.45) is -34.1. The van der Waals surface area contributed by atoms with Gasteiger partial charge in [0.1, 0.15) is 142 Å². The number of ether oxygens (including phenoxy) is 12. The van der Waals surface area contributed by atoms with Crippen LogP contribution in [0.1, 0.15) is 23.1 Å². The summed E-state index contributed by atoms with van der Waals surface area (Å²) in [5.41, 5.74) is -1.24. The number of hydrogen-bond donors (Lipinski definition) is 20. The Morgan fingerprint density at radius 3 is 1.19 bits per heavy atom. The van der Waals surface area contributed by atoms with E-state index in [9.17, 15) is 126 Å². The zero-order chi connectivity index (χ0) is 78.3. The lowest BCUT2D eigenvalue weighted by Gasteiger charge is -2.40. The Bertz CT molecular complexity index is 4360. The molecule has 1 aliphatic carbocycles. The third kappa shape index (κ3) is 18.9. The topological polar surface area (TPSA) is 631 Å². The Labute approximate surface area is 605 Å². The lowest BCUT2D eigenvalue weighted by atomic mass is 9.99. The van der Waals surface area contributed by atoms with E-state index in [1.165, 1.54) is 36.4 Å². The maximum atomic E-state index is 14.1. The molecule has 20 atom stereocenters. The summed E-state index contributed by atoms with van der Waals surface area (Å²) in [5.74, 6) is -14.1. The van der Waals surface area contributed by atoms with E-state index in [1.54, 1.807) is 0 Å². The van der Waals surface area contributed by atoms with Gasteiger partial charge in [0.15, 0.2) is 62.9 Å². The number of carbonyl (C=O) groups is 5. The minimum atomic E-state index is -2.22. The van der Waals surface area contributed by atoms with E-state index in [1.807, 2.05) is 0 Å². The quantitative estimate of drug-likeness (QED) is 0.00887. The van der Waals surface area contributed by atoms with Gasteiger partial charge in [-0.1, -0.05) is 18.2 Å². The van der Waals surface area contributed by atoms with Crippen molar-refractivity contribution in [1.82, 2.24) is 0 Å². The van der Waals surface area contributed by atoms with E-state index in [4.69, 9.17) is 66.4 Å². The summed E-state index contributed by atoms with van der Waals surface area (Å²) in [6, 6.07) is 15.2. The van der Waals surface area contributed by atoms with Gasteiger partial charge in [-0.2, -0.15) is 0 Å². The van der Waals surface area contributed by atoms with Crippen LogP contribution in [0.5, 0.6) is 63.2 Å². The van der Waals surface area contributed by atoms with Gasteiger partial charge in [0, 0.05) is 35.9 Å². The van der Waals surface area contributed by atoms with Gasteiger partial charge in [-0.25, -0.2) is 14.4 Å². The molecule has 4 fully saturated rings. The summed E-state index contributed by atoms with van der Waals surface area (Å²) in [4.78, 5) is 75.6. The smallest absolute Gasteiger partial charge is 0.330 e. The number of aliphatic hydroxyl groups is 12. The zero-order valence-electron chi connectivity index (χ0n) is 55.3. The third-order valence-electron chi connectivity index (χ3n) is 16.9. The van der Waals surface area contributed by atoms with Crippen molar-refractivity contribution in [2.45, 2.75) is 129 Å². The molecule has 20 N–H and O–H groups in total. The molecule has 4 aromatic carbocycles. The van der Waals surface area contributed by atoms with Gasteiger partial charge in [0.05, 0.1) is 5.56 Å². The van der Waals surface area contributed by atoms with E-state index >= 15 is 0 Å². The number of benzene rings is 5. The number of carbonyl (C=O) groups excluding carboxylic acids is 4. The monoisotopic (exact) mass is 1520 g/mol. The number of esters is 4. The number of carboxylic acid groups (broad SMARTS) is 1. The SMILES string of the molecule is O=C(O)CC(=O)OC[C@H]1O[C@@H](Oc2cc3c(=O)cc(O[C@@H]4O[C@H](COC(=O)/C=C/c5ccc(O[C@@H]6O[C@H](COC(=O)/C=C/c7ccc(O)c(O)c7)[C@@H](O)[C@H](O)[C@H]6O)c(O)c5)[C@@H](O)[C@H](O)[C@H]4O)cc-3oc2-c2cc(O)c(O)c(O[C@@H]3O[C@H](COC(=O)/C=C/c4ccc(O)c(O)c4)[C@@H](O)[C@H](O)[C@H]3O)c2)[C@H](O)[C@@H](O)[C@@H]1O. The first-order valence-electron chi connectivity index (χ1n) is 32.1. The molecule has 39 nitrogen and oxygen atoms in total. The van der Waals surface area contributed by atoms with Crippen molar-refractivity contribution in [3.05, 3.63) is 130 Å². The second-order valence-electron chi connectivity index (χ2n) is 24.5. The van der Waals surface area contributed by atoms with Gasteiger partial charge >= 0.3 is 29.8 Å². The number of rotatable bonds is 25. The average molecular weight is 1520 g/mol. The van der Waals surface area contributed by atoms with Crippen molar-refractivity contribution in [1.29, 1.82) is 0 Å². The van der Waals surface area contributed by atoms with E-state index < -0.39 is 271 Å². The Kier molecular flexibility index (Phi) is 25.3. The first-order chi connectivity index (χ1) is 51.2. The predicted octanol–water partition coefficient (Wildman–Crippen LogP) is -3.12. The highest BCUT2D eigenvalue weighted by molar-refractivity contribution is 5.90. The summed E-state index contributed by atoms with van der Waals surface area (Å²) < 4.78 is 72.3. The average Bonchev–Trinajstić information content (AvgIpc) is 0.764. The van der Waals surface area contributed by atoms with Crippen LogP contribution in [0.3, 0.4) is 0 Å². The van der Waals surface area contributed by atoms with Gasteiger partial charge in [0.2, 0.25) is 30.9 Å². The van der Waals surface area contributed by atoms with Crippen LogP contribution in [-0.4, -0.2) is 281 Å². The largest absolute Gasteiger partial charge is 0.504 e. The first kappa shape index (κ1) is 79.6. The third-order valence-corrected chi connectivity index (χ3v) is 16.9.